The normalized spacial score (nSPS) is 17.0. The van der Waals surface area contributed by atoms with Gasteiger partial charge in [0.05, 0.1) is 5.92 Å². The lowest BCUT2D eigenvalue weighted by atomic mass is 9.68. The Morgan fingerprint density at radius 2 is 1.32 bits per heavy atom. The van der Waals surface area contributed by atoms with E-state index in [9.17, 15) is 9.59 Å². The second-order valence-electron chi connectivity index (χ2n) is 11.4. The zero-order valence-electron chi connectivity index (χ0n) is 22.0. The Hall–Kier alpha value is -3.60. The Labute approximate surface area is 220 Å². The third kappa shape index (κ3) is 5.27. The number of likely N-dealkylation sites (tertiary alicyclic amines) is 1. The maximum absolute atomic E-state index is 14.3. The molecular weight excluding hydrogens is 460 g/mol. The Kier molecular flexibility index (Phi) is 6.80. The smallest absolute Gasteiger partial charge is 0.410 e. The summed E-state index contributed by atoms with van der Waals surface area (Å²) < 4.78 is 5.63. The highest BCUT2D eigenvalue weighted by Crippen LogP contribution is 2.43. The van der Waals surface area contributed by atoms with Gasteiger partial charge in [0, 0.05) is 31.6 Å². The highest BCUT2D eigenvalue weighted by molar-refractivity contribution is 5.87. The zero-order valence-corrected chi connectivity index (χ0v) is 22.0. The summed E-state index contributed by atoms with van der Waals surface area (Å²) in [7, 11) is 0. The maximum atomic E-state index is 14.3. The summed E-state index contributed by atoms with van der Waals surface area (Å²) >= 11 is 0. The second kappa shape index (κ2) is 10.0. The molecule has 3 aromatic carbocycles. The van der Waals surface area contributed by atoms with Gasteiger partial charge in [-0.25, -0.2) is 4.79 Å². The van der Waals surface area contributed by atoms with Crippen molar-refractivity contribution in [1.29, 1.82) is 0 Å². The topological polar surface area (TPSA) is 49.9 Å². The minimum absolute atomic E-state index is 0.126. The highest BCUT2D eigenvalue weighted by Gasteiger charge is 2.45. The fourth-order valence-corrected chi connectivity index (χ4v) is 5.87. The summed E-state index contributed by atoms with van der Waals surface area (Å²) in [6.07, 6.45) is 1.34. The van der Waals surface area contributed by atoms with E-state index in [2.05, 4.69) is 29.2 Å². The first kappa shape index (κ1) is 25.1. The minimum Gasteiger partial charge on any atom is -0.444 e. The summed E-state index contributed by atoms with van der Waals surface area (Å²) in [6.45, 7) is 8.18. The van der Waals surface area contributed by atoms with Crippen LogP contribution in [-0.2, 0) is 21.5 Å². The van der Waals surface area contributed by atoms with E-state index in [4.69, 9.17) is 4.74 Å². The fraction of sp³-hybridized carbons (Fsp3) is 0.375. The summed E-state index contributed by atoms with van der Waals surface area (Å²) in [5, 5.41) is 0. The summed E-state index contributed by atoms with van der Waals surface area (Å²) in [5.74, 6) is -0.229. The van der Waals surface area contributed by atoms with E-state index in [1.165, 1.54) is 11.1 Å². The van der Waals surface area contributed by atoms with Crippen molar-refractivity contribution < 1.29 is 14.3 Å². The largest absolute Gasteiger partial charge is 0.444 e. The molecular formula is C32H36N2O3. The number of rotatable bonds is 3. The lowest BCUT2D eigenvalue weighted by Crippen LogP contribution is -2.55. The molecule has 0 radical (unpaired) electrons. The number of benzene rings is 3. The molecule has 0 bridgehead atoms. The van der Waals surface area contributed by atoms with E-state index in [1.54, 1.807) is 0 Å². The molecule has 5 nitrogen and oxygen atoms in total. The van der Waals surface area contributed by atoms with Crippen molar-refractivity contribution in [3.05, 3.63) is 107 Å². The van der Waals surface area contributed by atoms with Gasteiger partial charge in [0.1, 0.15) is 5.60 Å². The zero-order chi connectivity index (χ0) is 26.0. The van der Waals surface area contributed by atoms with Gasteiger partial charge in [-0.1, -0.05) is 84.9 Å². The minimum atomic E-state index is -0.517. The number of hydrogen-bond donors (Lipinski definition) is 0. The number of carbonyl (C=O) groups is 2. The number of hydrogen-bond acceptors (Lipinski definition) is 3. The van der Waals surface area contributed by atoms with Crippen LogP contribution in [0.25, 0.3) is 0 Å². The van der Waals surface area contributed by atoms with Crippen LogP contribution in [0.4, 0.5) is 4.79 Å². The quantitative estimate of drug-likeness (QED) is 0.438. The van der Waals surface area contributed by atoms with Crippen LogP contribution in [0.1, 0.15) is 61.8 Å². The first-order valence-electron chi connectivity index (χ1n) is 13.2. The fourth-order valence-electron chi connectivity index (χ4n) is 5.87. The Morgan fingerprint density at radius 3 is 1.89 bits per heavy atom. The SMILES string of the molecule is CC(C)(C)OC(=O)N1CCC2(CC1)CN(C(=O)C(c1ccccc1)c1ccccc1)Cc1ccccc12. The Bertz CT molecular complexity index is 1200. The number of piperidine rings is 1. The van der Waals surface area contributed by atoms with Crippen LogP contribution in [0.15, 0.2) is 84.9 Å². The molecule has 0 aromatic heterocycles. The summed E-state index contributed by atoms with van der Waals surface area (Å²) in [6, 6.07) is 28.7. The predicted molar refractivity (Wildman–Crippen MR) is 145 cm³/mol. The van der Waals surface area contributed by atoms with E-state index in [-0.39, 0.29) is 23.3 Å². The van der Waals surface area contributed by atoms with Gasteiger partial charge < -0.3 is 14.5 Å². The van der Waals surface area contributed by atoms with Crippen molar-refractivity contribution in [2.24, 2.45) is 0 Å². The van der Waals surface area contributed by atoms with Crippen LogP contribution in [0.3, 0.4) is 0 Å². The lowest BCUT2D eigenvalue weighted by molar-refractivity contribution is -0.134. The highest BCUT2D eigenvalue weighted by atomic mass is 16.6. The number of carbonyl (C=O) groups excluding carboxylic acids is 2. The monoisotopic (exact) mass is 496 g/mol. The molecule has 192 valence electrons. The molecule has 3 aromatic rings. The average molecular weight is 497 g/mol. The molecule has 1 saturated heterocycles. The van der Waals surface area contributed by atoms with Crippen LogP contribution in [-0.4, -0.2) is 47.0 Å². The van der Waals surface area contributed by atoms with E-state index in [0.29, 0.717) is 26.2 Å². The Morgan fingerprint density at radius 1 is 0.784 bits per heavy atom. The van der Waals surface area contributed by atoms with Gasteiger partial charge in [0.15, 0.2) is 0 Å². The van der Waals surface area contributed by atoms with Gasteiger partial charge in [-0.05, 0) is 55.9 Å². The van der Waals surface area contributed by atoms with Gasteiger partial charge in [0.25, 0.3) is 0 Å². The van der Waals surface area contributed by atoms with Crippen LogP contribution in [0.2, 0.25) is 0 Å². The number of fused-ring (bicyclic) bond motifs is 2. The second-order valence-corrected chi connectivity index (χ2v) is 11.4. The van der Waals surface area contributed by atoms with E-state index in [1.807, 2.05) is 86.3 Å². The van der Waals surface area contributed by atoms with Crippen LogP contribution < -0.4 is 0 Å². The maximum Gasteiger partial charge on any atom is 0.410 e. The van der Waals surface area contributed by atoms with E-state index < -0.39 is 5.60 Å². The van der Waals surface area contributed by atoms with Crippen LogP contribution in [0, 0.1) is 0 Å². The van der Waals surface area contributed by atoms with Gasteiger partial charge in [-0.2, -0.15) is 0 Å². The molecule has 5 rings (SSSR count). The van der Waals surface area contributed by atoms with Gasteiger partial charge in [-0.15, -0.1) is 0 Å². The molecule has 2 heterocycles. The predicted octanol–water partition coefficient (Wildman–Crippen LogP) is 6.13. The molecule has 1 spiro atoms. The first-order valence-corrected chi connectivity index (χ1v) is 13.2. The Balaban J connectivity index is 1.44. The van der Waals surface area contributed by atoms with Crippen molar-refractivity contribution in [1.82, 2.24) is 9.80 Å². The third-order valence-corrected chi connectivity index (χ3v) is 7.64. The summed E-state index contributed by atoms with van der Waals surface area (Å²) in [4.78, 5) is 30.9. The molecule has 0 aliphatic carbocycles. The van der Waals surface area contributed by atoms with Crippen LogP contribution >= 0.6 is 0 Å². The van der Waals surface area contributed by atoms with Crippen molar-refractivity contribution in [3.8, 4) is 0 Å². The van der Waals surface area contributed by atoms with Gasteiger partial charge >= 0.3 is 6.09 Å². The third-order valence-electron chi connectivity index (χ3n) is 7.64. The van der Waals surface area contributed by atoms with E-state index in [0.717, 1.165) is 24.0 Å². The van der Waals surface area contributed by atoms with Crippen molar-refractivity contribution in [2.45, 2.75) is 57.1 Å². The van der Waals surface area contributed by atoms with E-state index >= 15 is 0 Å². The standard InChI is InChI=1S/C32H36N2O3/c1-31(2,3)37-30(36)33-20-18-32(19-21-33)23-34(22-26-16-10-11-17-27(26)32)29(35)28(24-12-6-4-7-13-24)25-14-8-5-9-15-25/h4-17,28H,18-23H2,1-3H3. The molecule has 2 amide bonds. The summed E-state index contributed by atoms with van der Waals surface area (Å²) in [5.41, 5.74) is 3.84. The molecule has 2 aliphatic rings. The molecule has 1 fully saturated rings. The van der Waals surface area contributed by atoms with Crippen LogP contribution in [0.5, 0.6) is 0 Å². The lowest BCUT2D eigenvalue weighted by Gasteiger charge is -2.49. The van der Waals surface area contributed by atoms with Crippen molar-refractivity contribution >= 4 is 12.0 Å². The molecule has 0 atom stereocenters. The molecule has 0 unspecified atom stereocenters. The number of ether oxygens (including phenoxy) is 1. The molecule has 0 saturated carbocycles. The van der Waals surface area contributed by atoms with Gasteiger partial charge in [0.2, 0.25) is 5.91 Å². The molecule has 2 aliphatic heterocycles. The van der Waals surface area contributed by atoms with Gasteiger partial charge in [-0.3, -0.25) is 4.79 Å². The first-order chi connectivity index (χ1) is 17.8. The van der Waals surface area contributed by atoms with Crippen molar-refractivity contribution in [3.63, 3.8) is 0 Å². The average Bonchev–Trinajstić information content (AvgIpc) is 2.89. The van der Waals surface area contributed by atoms with Crippen molar-refractivity contribution in [2.75, 3.05) is 19.6 Å². The molecule has 37 heavy (non-hydrogen) atoms. The number of nitrogens with zero attached hydrogens (tertiary/aromatic N) is 2. The molecule has 0 N–H and O–H groups in total. The number of amides is 2. The molecule has 5 heteroatoms.